The van der Waals surface area contributed by atoms with Crippen molar-refractivity contribution in [3.05, 3.63) is 63.1 Å². The van der Waals surface area contributed by atoms with Crippen molar-refractivity contribution in [2.24, 2.45) is 0 Å². The third-order valence-electron chi connectivity index (χ3n) is 4.73. The van der Waals surface area contributed by atoms with Gasteiger partial charge in [-0.05, 0) is 42.7 Å². The molecule has 0 unspecified atom stereocenters. The summed E-state index contributed by atoms with van der Waals surface area (Å²) in [4.78, 5) is 14.4. The summed E-state index contributed by atoms with van der Waals surface area (Å²) in [6, 6.07) is 12.7. The van der Waals surface area contributed by atoms with E-state index in [1.54, 1.807) is 18.2 Å². The van der Waals surface area contributed by atoms with E-state index in [0.717, 1.165) is 43.8 Å². The number of likely N-dealkylation sites (tertiary alicyclic amines) is 1. The summed E-state index contributed by atoms with van der Waals surface area (Å²) in [6.45, 7) is 3.35. The normalized spacial score (nSPS) is 15.4. The van der Waals surface area contributed by atoms with Crippen molar-refractivity contribution in [1.82, 2.24) is 10.2 Å². The fourth-order valence-corrected chi connectivity index (χ4v) is 3.74. The van der Waals surface area contributed by atoms with E-state index in [2.05, 4.69) is 10.2 Å². The van der Waals surface area contributed by atoms with E-state index in [0.29, 0.717) is 28.0 Å². The molecule has 0 atom stereocenters. The third-order valence-corrected chi connectivity index (χ3v) is 5.71. The predicted octanol–water partition coefficient (Wildman–Crippen LogP) is 4.85. The number of carbonyl (C=O) groups is 1. The molecule has 2 aromatic rings. The van der Waals surface area contributed by atoms with Gasteiger partial charge in [0.05, 0.1) is 16.5 Å². The Kier molecular flexibility index (Phi) is 7.86. The smallest absolute Gasteiger partial charge is 0.224 e. The van der Waals surface area contributed by atoms with Gasteiger partial charge in [0.15, 0.2) is 0 Å². The number of ether oxygens (including phenoxy) is 1. The van der Waals surface area contributed by atoms with Crippen LogP contribution in [0.25, 0.3) is 0 Å². The second kappa shape index (κ2) is 10.4. The van der Waals surface area contributed by atoms with Crippen LogP contribution in [0.2, 0.25) is 15.1 Å². The van der Waals surface area contributed by atoms with Crippen molar-refractivity contribution in [2.45, 2.75) is 25.4 Å². The average molecular weight is 442 g/mol. The monoisotopic (exact) mass is 440 g/mol. The van der Waals surface area contributed by atoms with Crippen LogP contribution in [0.3, 0.4) is 0 Å². The number of rotatable bonds is 7. The number of nitrogens with one attached hydrogen (secondary N) is 1. The molecule has 0 spiro atoms. The van der Waals surface area contributed by atoms with Gasteiger partial charge in [-0.15, -0.1) is 0 Å². The molecule has 28 heavy (non-hydrogen) atoms. The maximum absolute atomic E-state index is 12.1. The molecular formula is C21H23Cl3N2O2. The minimum Gasteiger partial charge on any atom is -0.490 e. The van der Waals surface area contributed by atoms with Crippen molar-refractivity contribution in [3.63, 3.8) is 0 Å². The van der Waals surface area contributed by atoms with Crippen LogP contribution >= 0.6 is 34.8 Å². The second-order valence-corrected chi connectivity index (χ2v) is 8.14. The maximum Gasteiger partial charge on any atom is 0.224 e. The number of hydrogen-bond acceptors (Lipinski definition) is 3. The van der Waals surface area contributed by atoms with E-state index in [1.165, 1.54) is 0 Å². The molecule has 0 radical (unpaired) electrons. The molecule has 0 aliphatic carbocycles. The highest BCUT2D eigenvalue weighted by atomic mass is 35.5. The Labute approximate surface area is 180 Å². The van der Waals surface area contributed by atoms with Gasteiger partial charge in [-0.2, -0.15) is 0 Å². The van der Waals surface area contributed by atoms with Crippen LogP contribution in [0, 0.1) is 0 Å². The van der Waals surface area contributed by atoms with Crippen LogP contribution < -0.4 is 10.1 Å². The Hall–Kier alpha value is -1.46. The first-order chi connectivity index (χ1) is 13.5. The molecule has 0 saturated carbocycles. The van der Waals surface area contributed by atoms with Gasteiger partial charge in [-0.1, -0.05) is 46.9 Å². The van der Waals surface area contributed by atoms with Gasteiger partial charge in [0, 0.05) is 37.3 Å². The zero-order valence-electron chi connectivity index (χ0n) is 15.5. The zero-order chi connectivity index (χ0) is 19.9. The van der Waals surface area contributed by atoms with Gasteiger partial charge in [0.1, 0.15) is 11.9 Å². The van der Waals surface area contributed by atoms with Gasteiger partial charge in [0.2, 0.25) is 5.91 Å². The lowest BCUT2D eigenvalue weighted by molar-refractivity contribution is -0.120. The number of benzene rings is 2. The third kappa shape index (κ3) is 6.56. The van der Waals surface area contributed by atoms with Crippen molar-refractivity contribution < 1.29 is 9.53 Å². The highest BCUT2D eigenvalue weighted by Crippen LogP contribution is 2.28. The van der Waals surface area contributed by atoms with E-state index in [4.69, 9.17) is 39.5 Å². The molecule has 1 saturated heterocycles. The molecule has 1 amide bonds. The Balaban J connectivity index is 1.34. The molecule has 4 nitrogen and oxygen atoms in total. The van der Waals surface area contributed by atoms with Crippen molar-refractivity contribution in [3.8, 4) is 5.75 Å². The van der Waals surface area contributed by atoms with E-state index in [9.17, 15) is 4.79 Å². The first-order valence-electron chi connectivity index (χ1n) is 9.35. The summed E-state index contributed by atoms with van der Waals surface area (Å²) in [5.74, 6) is 0.765. The number of halogens is 3. The molecule has 2 aromatic carbocycles. The lowest BCUT2D eigenvalue weighted by atomic mass is 10.1. The molecule has 0 aromatic heterocycles. The fourth-order valence-electron chi connectivity index (χ4n) is 3.24. The lowest BCUT2D eigenvalue weighted by Crippen LogP contribution is -2.42. The number of hydrogen-bond donors (Lipinski definition) is 1. The van der Waals surface area contributed by atoms with Crippen LogP contribution in [0.1, 0.15) is 18.4 Å². The highest BCUT2D eigenvalue weighted by Gasteiger charge is 2.20. The molecule has 1 aliphatic heterocycles. The Bertz CT molecular complexity index is 808. The van der Waals surface area contributed by atoms with E-state index in [1.807, 2.05) is 24.3 Å². The van der Waals surface area contributed by atoms with Gasteiger partial charge in [-0.25, -0.2) is 0 Å². The summed E-state index contributed by atoms with van der Waals surface area (Å²) in [6.07, 6.45) is 2.40. The first-order valence-corrected chi connectivity index (χ1v) is 10.5. The Morgan fingerprint density at radius 2 is 1.86 bits per heavy atom. The number of piperidine rings is 1. The molecule has 150 valence electrons. The minimum atomic E-state index is 0.0140. The predicted molar refractivity (Wildman–Crippen MR) is 115 cm³/mol. The first kappa shape index (κ1) is 21.3. The Morgan fingerprint density at radius 1 is 1.07 bits per heavy atom. The average Bonchev–Trinajstić information content (AvgIpc) is 2.66. The van der Waals surface area contributed by atoms with Crippen LogP contribution in [0.15, 0.2) is 42.5 Å². The summed E-state index contributed by atoms with van der Waals surface area (Å²) < 4.78 is 6.01. The summed E-state index contributed by atoms with van der Waals surface area (Å²) in [5, 5.41) is 4.66. The number of nitrogens with zero attached hydrogens (tertiary/aromatic N) is 1. The fraction of sp³-hybridized carbons (Fsp3) is 0.381. The van der Waals surface area contributed by atoms with E-state index in [-0.39, 0.29) is 12.0 Å². The second-order valence-electron chi connectivity index (χ2n) is 6.89. The summed E-state index contributed by atoms with van der Waals surface area (Å²) >= 11 is 17.9. The van der Waals surface area contributed by atoms with E-state index >= 15 is 0 Å². The molecule has 1 N–H and O–H groups in total. The van der Waals surface area contributed by atoms with Gasteiger partial charge < -0.3 is 15.0 Å². The van der Waals surface area contributed by atoms with Crippen molar-refractivity contribution in [2.75, 3.05) is 26.2 Å². The standard InChI is InChI=1S/C21H23Cl3N2O2/c22-16-3-1-2-15(12-16)13-21(27)25-8-11-26-9-6-17(7-10-26)28-18-4-5-19(23)20(24)14-18/h1-5,12,14,17H,6-11,13H2,(H,25,27). The van der Waals surface area contributed by atoms with Gasteiger partial charge >= 0.3 is 0 Å². The lowest BCUT2D eigenvalue weighted by Gasteiger charge is -2.32. The largest absolute Gasteiger partial charge is 0.490 e. The number of carbonyl (C=O) groups excluding carboxylic acids is 1. The highest BCUT2D eigenvalue weighted by molar-refractivity contribution is 6.42. The molecule has 7 heteroatoms. The van der Waals surface area contributed by atoms with Crippen LogP contribution in [-0.2, 0) is 11.2 Å². The molecular weight excluding hydrogens is 419 g/mol. The zero-order valence-corrected chi connectivity index (χ0v) is 17.7. The van der Waals surface area contributed by atoms with Crippen LogP contribution in [-0.4, -0.2) is 43.1 Å². The van der Waals surface area contributed by atoms with Crippen LogP contribution in [0.4, 0.5) is 0 Å². The summed E-state index contributed by atoms with van der Waals surface area (Å²) in [7, 11) is 0. The SMILES string of the molecule is O=C(Cc1cccc(Cl)c1)NCCN1CCC(Oc2ccc(Cl)c(Cl)c2)CC1. The Morgan fingerprint density at radius 3 is 2.57 bits per heavy atom. The summed E-state index contributed by atoms with van der Waals surface area (Å²) in [5.41, 5.74) is 0.922. The van der Waals surface area contributed by atoms with Crippen LogP contribution in [0.5, 0.6) is 5.75 Å². The topological polar surface area (TPSA) is 41.6 Å². The molecule has 3 rings (SSSR count). The number of amides is 1. The molecule has 0 bridgehead atoms. The quantitative estimate of drug-likeness (QED) is 0.668. The minimum absolute atomic E-state index is 0.0140. The van der Waals surface area contributed by atoms with E-state index < -0.39 is 0 Å². The molecule has 1 heterocycles. The van der Waals surface area contributed by atoms with Crippen molar-refractivity contribution in [1.29, 1.82) is 0 Å². The molecule has 1 aliphatic rings. The van der Waals surface area contributed by atoms with Gasteiger partial charge in [0.25, 0.3) is 0 Å². The maximum atomic E-state index is 12.1. The van der Waals surface area contributed by atoms with Crippen molar-refractivity contribution >= 4 is 40.7 Å². The molecule has 1 fully saturated rings. The van der Waals surface area contributed by atoms with Gasteiger partial charge in [-0.3, -0.25) is 4.79 Å².